The van der Waals surface area contributed by atoms with E-state index in [1.165, 1.54) is 0 Å². The lowest BCUT2D eigenvalue weighted by molar-refractivity contribution is 0.262. The largest absolute Gasteiger partial charge is 0.394 e. The predicted molar refractivity (Wildman–Crippen MR) is 71.6 cm³/mol. The molecule has 5 N–H and O–H groups in total. The van der Waals surface area contributed by atoms with Crippen molar-refractivity contribution < 1.29 is 4.79 Å². The Kier molecular flexibility index (Phi) is 3.18. The van der Waals surface area contributed by atoms with Crippen molar-refractivity contribution in [2.75, 3.05) is 16.4 Å². The molecular formula is C12H15N5O. The molecule has 2 amide bonds. The average molecular weight is 245 g/mol. The van der Waals surface area contributed by atoms with E-state index in [1.807, 2.05) is 31.2 Å². The molecule has 0 aliphatic rings. The third kappa shape index (κ3) is 2.60. The second-order valence-corrected chi connectivity index (χ2v) is 4.06. The number of nitrogens with zero attached hydrogens (tertiary/aromatic N) is 1. The molecule has 1 aromatic carbocycles. The van der Waals surface area contributed by atoms with Crippen LogP contribution in [-0.4, -0.2) is 16.2 Å². The van der Waals surface area contributed by atoms with Gasteiger partial charge in [-0.25, -0.2) is 4.79 Å². The zero-order chi connectivity index (χ0) is 13.1. The molecule has 0 fully saturated rings. The van der Waals surface area contributed by atoms with Crippen LogP contribution in [0.15, 0.2) is 24.3 Å². The van der Waals surface area contributed by atoms with Gasteiger partial charge in [0.05, 0.1) is 11.4 Å². The van der Waals surface area contributed by atoms with Crippen LogP contribution in [0.5, 0.6) is 0 Å². The summed E-state index contributed by atoms with van der Waals surface area (Å²) in [5.41, 5.74) is 8.73. The third-order valence-corrected chi connectivity index (χ3v) is 2.54. The van der Waals surface area contributed by atoms with E-state index >= 15 is 0 Å². The monoisotopic (exact) mass is 245 g/mol. The number of hydrogen-bond donors (Lipinski definition) is 4. The van der Waals surface area contributed by atoms with Gasteiger partial charge in [-0.15, -0.1) is 0 Å². The fourth-order valence-corrected chi connectivity index (χ4v) is 1.44. The minimum atomic E-state index is -0.378. The van der Waals surface area contributed by atoms with Crippen molar-refractivity contribution in [2.24, 2.45) is 0 Å². The summed E-state index contributed by atoms with van der Waals surface area (Å²) >= 11 is 0. The molecule has 6 heteroatoms. The molecule has 2 aromatic rings. The molecule has 6 nitrogen and oxygen atoms in total. The van der Waals surface area contributed by atoms with Gasteiger partial charge in [-0.2, -0.15) is 5.10 Å². The Morgan fingerprint density at radius 3 is 2.44 bits per heavy atom. The molecule has 0 radical (unpaired) electrons. The number of aromatic amines is 1. The van der Waals surface area contributed by atoms with Crippen molar-refractivity contribution in [2.45, 2.75) is 13.8 Å². The van der Waals surface area contributed by atoms with Crippen molar-refractivity contribution in [1.29, 1.82) is 0 Å². The molecule has 0 atom stereocenters. The Morgan fingerprint density at radius 2 is 1.89 bits per heavy atom. The van der Waals surface area contributed by atoms with Gasteiger partial charge in [0.2, 0.25) is 0 Å². The maximum absolute atomic E-state index is 11.7. The van der Waals surface area contributed by atoms with E-state index in [0.29, 0.717) is 17.2 Å². The molecule has 0 spiro atoms. The van der Waals surface area contributed by atoms with Crippen molar-refractivity contribution in [3.8, 4) is 0 Å². The lowest BCUT2D eigenvalue weighted by atomic mass is 10.2. The summed E-state index contributed by atoms with van der Waals surface area (Å²) in [4.78, 5) is 11.7. The number of aryl methyl sites for hydroxylation is 2. The molecule has 0 aliphatic carbocycles. The molecule has 0 aliphatic heterocycles. The highest BCUT2D eigenvalue weighted by Crippen LogP contribution is 2.18. The predicted octanol–water partition coefficient (Wildman–Crippen LogP) is 2.25. The Bertz CT molecular complexity index is 558. The van der Waals surface area contributed by atoms with Crippen LogP contribution in [0.1, 0.15) is 11.3 Å². The van der Waals surface area contributed by atoms with E-state index in [-0.39, 0.29) is 6.03 Å². The van der Waals surface area contributed by atoms with E-state index in [1.54, 1.807) is 6.92 Å². The van der Waals surface area contributed by atoms with Gasteiger partial charge in [0.1, 0.15) is 0 Å². The molecule has 0 saturated heterocycles. The molecule has 0 bridgehead atoms. The van der Waals surface area contributed by atoms with Crippen LogP contribution >= 0.6 is 0 Å². The van der Waals surface area contributed by atoms with Gasteiger partial charge in [-0.3, -0.25) is 10.4 Å². The smallest absolute Gasteiger partial charge is 0.324 e. The summed E-state index contributed by atoms with van der Waals surface area (Å²) in [6.07, 6.45) is 0. The Hall–Kier alpha value is -2.50. The third-order valence-electron chi connectivity index (χ3n) is 2.54. The summed E-state index contributed by atoms with van der Waals surface area (Å²) in [5.74, 6) is 0.331. The molecule has 2 rings (SSSR count). The van der Waals surface area contributed by atoms with Crippen LogP contribution in [0.25, 0.3) is 0 Å². The number of anilines is 3. The zero-order valence-corrected chi connectivity index (χ0v) is 10.2. The van der Waals surface area contributed by atoms with Gasteiger partial charge >= 0.3 is 6.03 Å². The number of nitrogen functional groups attached to an aromatic ring is 1. The van der Waals surface area contributed by atoms with Crippen LogP contribution in [0.2, 0.25) is 0 Å². The first kappa shape index (κ1) is 12.0. The molecular weight excluding hydrogens is 230 g/mol. The van der Waals surface area contributed by atoms with Crippen LogP contribution in [0, 0.1) is 13.8 Å². The normalized spacial score (nSPS) is 10.1. The van der Waals surface area contributed by atoms with Gasteiger partial charge in [0, 0.05) is 5.69 Å². The summed E-state index contributed by atoms with van der Waals surface area (Å²) in [7, 11) is 0. The van der Waals surface area contributed by atoms with Crippen molar-refractivity contribution in [3.05, 3.63) is 35.5 Å². The number of amides is 2. The molecule has 18 heavy (non-hydrogen) atoms. The number of aromatic nitrogens is 2. The first-order chi connectivity index (χ1) is 8.56. The van der Waals surface area contributed by atoms with Gasteiger partial charge in [-0.1, -0.05) is 17.7 Å². The van der Waals surface area contributed by atoms with Gasteiger partial charge in [0.25, 0.3) is 0 Å². The molecule has 0 unspecified atom stereocenters. The second kappa shape index (κ2) is 4.79. The number of urea groups is 1. The summed E-state index contributed by atoms with van der Waals surface area (Å²) in [6.45, 7) is 3.77. The highest BCUT2D eigenvalue weighted by Gasteiger charge is 2.09. The van der Waals surface area contributed by atoms with E-state index in [9.17, 15) is 4.79 Å². The minimum absolute atomic E-state index is 0.331. The first-order valence-corrected chi connectivity index (χ1v) is 5.51. The number of nitrogens with two attached hydrogens (primary N) is 1. The van der Waals surface area contributed by atoms with Crippen LogP contribution in [0.4, 0.5) is 22.0 Å². The van der Waals surface area contributed by atoms with Crippen LogP contribution < -0.4 is 16.4 Å². The maximum atomic E-state index is 11.7. The maximum Gasteiger partial charge on any atom is 0.324 e. The molecule has 1 aromatic heterocycles. The summed E-state index contributed by atoms with van der Waals surface area (Å²) < 4.78 is 0. The Morgan fingerprint density at radius 1 is 1.22 bits per heavy atom. The van der Waals surface area contributed by atoms with E-state index in [4.69, 9.17) is 5.73 Å². The number of rotatable bonds is 2. The highest BCUT2D eigenvalue weighted by atomic mass is 16.2. The van der Waals surface area contributed by atoms with Crippen molar-refractivity contribution >= 4 is 23.2 Å². The fourth-order valence-electron chi connectivity index (χ4n) is 1.44. The van der Waals surface area contributed by atoms with E-state index < -0.39 is 0 Å². The highest BCUT2D eigenvalue weighted by molar-refractivity contribution is 6.00. The number of hydrogen-bond acceptors (Lipinski definition) is 3. The lowest BCUT2D eigenvalue weighted by Crippen LogP contribution is -2.20. The number of benzene rings is 1. The molecule has 1 heterocycles. The summed E-state index contributed by atoms with van der Waals surface area (Å²) in [5, 5.41) is 11.9. The average Bonchev–Trinajstić information content (AvgIpc) is 2.64. The van der Waals surface area contributed by atoms with Crippen LogP contribution in [0.3, 0.4) is 0 Å². The lowest BCUT2D eigenvalue weighted by Gasteiger charge is -2.06. The fraction of sp³-hybridized carbons (Fsp3) is 0.167. The Labute approximate surface area is 105 Å². The van der Waals surface area contributed by atoms with Crippen LogP contribution in [-0.2, 0) is 0 Å². The SMILES string of the molecule is Cc1ccc(NC(=O)Nc2n[nH]c(C)c2N)cc1. The van der Waals surface area contributed by atoms with Crippen molar-refractivity contribution in [3.63, 3.8) is 0 Å². The number of nitrogens with one attached hydrogen (secondary N) is 3. The minimum Gasteiger partial charge on any atom is -0.394 e. The number of carbonyl (C=O) groups excluding carboxylic acids is 1. The second-order valence-electron chi connectivity index (χ2n) is 4.06. The molecule has 0 saturated carbocycles. The van der Waals surface area contributed by atoms with E-state index in [2.05, 4.69) is 20.8 Å². The zero-order valence-electron chi connectivity index (χ0n) is 10.2. The first-order valence-electron chi connectivity index (χ1n) is 5.51. The standard InChI is InChI=1S/C12H15N5O/c1-7-3-5-9(6-4-7)14-12(18)15-11-10(13)8(2)16-17-11/h3-6H,13H2,1-2H3,(H3,14,15,16,17,18). The number of carbonyl (C=O) groups is 1. The quantitative estimate of drug-likeness (QED) is 0.653. The van der Waals surface area contributed by atoms with Gasteiger partial charge < -0.3 is 11.1 Å². The summed E-state index contributed by atoms with van der Waals surface area (Å²) in [6, 6.07) is 7.12. The van der Waals surface area contributed by atoms with Gasteiger partial charge in [-0.05, 0) is 26.0 Å². The topological polar surface area (TPSA) is 95.8 Å². The number of H-pyrrole nitrogens is 1. The molecule has 94 valence electrons. The van der Waals surface area contributed by atoms with Gasteiger partial charge in [0.15, 0.2) is 5.82 Å². The van der Waals surface area contributed by atoms with Crippen molar-refractivity contribution in [1.82, 2.24) is 10.2 Å². The van der Waals surface area contributed by atoms with E-state index in [0.717, 1.165) is 11.3 Å². The Balaban J connectivity index is 2.01.